The SMILES string of the molecule is Cc1nc2ccc(C3(C(=O)O)COC3)cc2n1C. The molecule has 5 nitrogen and oxygen atoms in total. The van der Waals surface area contributed by atoms with Gasteiger partial charge in [0.1, 0.15) is 11.2 Å². The molecular formula is C13H14N2O3. The van der Waals surface area contributed by atoms with Gasteiger partial charge < -0.3 is 14.4 Å². The third-order valence-corrected chi connectivity index (χ3v) is 3.76. The highest BCUT2D eigenvalue weighted by atomic mass is 16.5. The fourth-order valence-electron chi connectivity index (χ4n) is 2.33. The number of nitrogens with zero attached hydrogens (tertiary/aromatic N) is 2. The van der Waals surface area contributed by atoms with Crippen molar-refractivity contribution in [2.24, 2.45) is 7.05 Å². The van der Waals surface area contributed by atoms with Crippen molar-refractivity contribution >= 4 is 17.0 Å². The van der Waals surface area contributed by atoms with Gasteiger partial charge in [-0.3, -0.25) is 4.79 Å². The minimum absolute atomic E-state index is 0.241. The largest absolute Gasteiger partial charge is 0.480 e. The summed E-state index contributed by atoms with van der Waals surface area (Å²) >= 11 is 0. The Bertz CT molecular complexity index is 641. The molecule has 5 heteroatoms. The minimum atomic E-state index is -0.883. The van der Waals surface area contributed by atoms with Crippen LogP contribution in [-0.4, -0.2) is 33.8 Å². The zero-order chi connectivity index (χ0) is 12.9. The fourth-order valence-corrected chi connectivity index (χ4v) is 2.33. The number of fused-ring (bicyclic) bond motifs is 1. The number of hydrogen-bond acceptors (Lipinski definition) is 3. The van der Waals surface area contributed by atoms with E-state index in [-0.39, 0.29) is 13.2 Å². The van der Waals surface area contributed by atoms with E-state index in [1.807, 2.05) is 36.7 Å². The van der Waals surface area contributed by atoms with Crippen molar-refractivity contribution in [2.45, 2.75) is 12.3 Å². The van der Waals surface area contributed by atoms with Crippen molar-refractivity contribution in [3.05, 3.63) is 29.6 Å². The van der Waals surface area contributed by atoms with E-state index in [2.05, 4.69) is 4.98 Å². The summed E-state index contributed by atoms with van der Waals surface area (Å²) in [7, 11) is 1.93. The number of aryl methyl sites for hydroxylation is 2. The second-order valence-corrected chi connectivity index (χ2v) is 4.80. The van der Waals surface area contributed by atoms with Gasteiger partial charge in [0.05, 0.1) is 24.2 Å². The van der Waals surface area contributed by atoms with Crippen LogP contribution in [0.3, 0.4) is 0 Å². The molecule has 2 heterocycles. The van der Waals surface area contributed by atoms with Gasteiger partial charge >= 0.3 is 5.97 Å². The van der Waals surface area contributed by atoms with Gasteiger partial charge in [0.25, 0.3) is 0 Å². The molecular weight excluding hydrogens is 232 g/mol. The van der Waals surface area contributed by atoms with Crippen molar-refractivity contribution in [3.8, 4) is 0 Å². The number of imidazole rings is 1. The minimum Gasteiger partial charge on any atom is -0.480 e. The number of carbonyl (C=O) groups is 1. The van der Waals surface area contributed by atoms with Gasteiger partial charge in [-0.25, -0.2) is 4.98 Å². The summed E-state index contributed by atoms with van der Waals surface area (Å²) in [6.07, 6.45) is 0. The van der Waals surface area contributed by atoms with E-state index in [1.54, 1.807) is 0 Å². The number of hydrogen-bond donors (Lipinski definition) is 1. The Hall–Kier alpha value is -1.88. The first-order chi connectivity index (χ1) is 8.54. The zero-order valence-corrected chi connectivity index (χ0v) is 10.3. The van der Waals surface area contributed by atoms with E-state index in [4.69, 9.17) is 4.74 Å². The molecule has 18 heavy (non-hydrogen) atoms. The summed E-state index contributed by atoms with van der Waals surface area (Å²) in [4.78, 5) is 15.8. The normalized spacial score (nSPS) is 17.7. The average Bonchev–Trinajstić information content (AvgIpc) is 2.53. The fraction of sp³-hybridized carbons (Fsp3) is 0.385. The molecule has 1 fully saturated rings. The Labute approximate surface area is 104 Å². The highest BCUT2D eigenvalue weighted by Crippen LogP contribution is 2.34. The van der Waals surface area contributed by atoms with Crippen LogP contribution in [-0.2, 0) is 22.0 Å². The molecule has 1 saturated heterocycles. The molecule has 0 saturated carbocycles. The molecule has 94 valence electrons. The topological polar surface area (TPSA) is 64.3 Å². The number of carboxylic acids is 1. The molecule has 0 atom stereocenters. The molecule has 1 aliphatic heterocycles. The maximum absolute atomic E-state index is 11.4. The molecule has 0 unspecified atom stereocenters. The lowest BCUT2D eigenvalue weighted by Crippen LogP contribution is -2.53. The van der Waals surface area contributed by atoms with Crippen molar-refractivity contribution in [2.75, 3.05) is 13.2 Å². The highest BCUT2D eigenvalue weighted by molar-refractivity contribution is 5.86. The first kappa shape index (κ1) is 11.2. The summed E-state index contributed by atoms with van der Waals surface area (Å²) < 4.78 is 7.06. The number of aromatic nitrogens is 2. The summed E-state index contributed by atoms with van der Waals surface area (Å²) in [6, 6.07) is 5.62. The van der Waals surface area contributed by atoms with Crippen LogP contribution in [0, 0.1) is 6.92 Å². The Balaban J connectivity index is 2.18. The quantitative estimate of drug-likeness (QED) is 0.865. The van der Waals surface area contributed by atoms with Crippen molar-refractivity contribution < 1.29 is 14.6 Å². The molecule has 0 bridgehead atoms. The van der Waals surface area contributed by atoms with Crippen LogP contribution < -0.4 is 0 Å². The van der Waals surface area contributed by atoms with Gasteiger partial charge in [0, 0.05) is 7.05 Å². The van der Waals surface area contributed by atoms with Crippen LogP contribution in [0.1, 0.15) is 11.4 Å². The molecule has 1 aliphatic rings. The summed E-state index contributed by atoms with van der Waals surface area (Å²) in [6.45, 7) is 2.41. The number of benzene rings is 1. The second-order valence-electron chi connectivity index (χ2n) is 4.80. The van der Waals surface area contributed by atoms with Gasteiger partial charge in [-0.2, -0.15) is 0 Å². The lowest BCUT2D eigenvalue weighted by atomic mass is 9.78. The Kier molecular flexibility index (Phi) is 2.22. The van der Waals surface area contributed by atoms with Gasteiger partial charge in [-0.1, -0.05) is 6.07 Å². The summed E-state index contributed by atoms with van der Waals surface area (Å²) in [5.74, 6) is 0.0865. The van der Waals surface area contributed by atoms with E-state index in [0.717, 1.165) is 22.4 Å². The maximum Gasteiger partial charge on any atom is 0.318 e. The van der Waals surface area contributed by atoms with E-state index in [9.17, 15) is 9.90 Å². The maximum atomic E-state index is 11.4. The van der Waals surface area contributed by atoms with Gasteiger partial charge in [-0.15, -0.1) is 0 Å². The van der Waals surface area contributed by atoms with Crippen molar-refractivity contribution in [3.63, 3.8) is 0 Å². The molecule has 1 aromatic carbocycles. The monoisotopic (exact) mass is 246 g/mol. The van der Waals surface area contributed by atoms with Crippen molar-refractivity contribution in [1.82, 2.24) is 9.55 Å². The zero-order valence-electron chi connectivity index (χ0n) is 10.3. The smallest absolute Gasteiger partial charge is 0.318 e. The number of rotatable bonds is 2. The molecule has 0 aliphatic carbocycles. The Morgan fingerprint density at radius 1 is 1.50 bits per heavy atom. The number of carboxylic acid groups (broad SMARTS) is 1. The third kappa shape index (κ3) is 1.31. The predicted molar refractivity (Wildman–Crippen MR) is 65.6 cm³/mol. The summed E-state index contributed by atoms with van der Waals surface area (Å²) in [5, 5.41) is 9.38. The number of ether oxygens (including phenoxy) is 1. The number of aliphatic carboxylic acids is 1. The molecule has 0 spiro atoms. The van der Waals surface area contributed by atoms with Crippen molar-refractivity contribution in [1.29, 1.82) is 0 Å². The van der Waals surface area contributed by atoms with Crippen LogP contribution in [0.15, 0.2) is 18.2 Å². The molecule has 3 rings (SSSR count). The molecule has 1 aromatic heterocycles. The lowest BCUT2D eigenvalue weighted by Gasteiger charge is -2.37. The van der Waals surface area contributed by atoms with E-state index >= 15 is 0 Å². The van der Waals surface area contributed by atoms with Gasteiger partial charge in [0.2, 0.25) is 0 Å². The highest BCUT2D eigenvalue weighted by Gasteiger charge is 2.48. The first-order valence-corrected chi connectivity index (χ1v) is 5.79. The van der Waals surface area contributed by atoms with E-state index < -0.39 is 11.4 Å². The average molecular weight is 246 g/mol. The second kappa shape index (κ2) is 3.55. The third-order valence-electron chi connectivity index (χ3n) is 3.76. The van der Waals surface area contributed by atoms with Crippen LogP contribution in [0.2, 0.25) is 0 Å². The Morgan fingerprint density at radius 2 is 2.22 bits per heavy atom. The van der Waals surface area contributed by atoms with Crippen LogP contribution in [0.4, 0.5) is 0 Å². The van der Waals surface area contributed by atoms with Crippen LogP contribution >= 0.6 is 0 Å². The lowest BCUT2D eigenvalue weighted by molar-refractivity contribution is -0.163. The van der Waals surface area contributed by atoms with Gasteiger partial charge in [0.15, 0.2) is 0 Å². The molecule has 0 radical (unpaired) electrons. The van der Waals surface area contributed by atoms with Crippen LogP contribution in [0.25, 0.3) is 11.0 Å². The summed E-state index contributed by atoms with van der Waals surface area (Å²) in [5.41, 5.74) is 1.75. The molecule has 0 amide bonds. The standard InChI is InChI=1S/C13H14N2O3/c1-8-14-10-4-3-9(5-11(10)15(8)2)13(12(16)17)6-18-7-13/h3-5H,6-7H2,1-2H3,(H,16,17). The van der Waals surface area contributed by atoms with Gasteiger partial charge in [-0.05, 0) is 24.6 Å². The predicted octanol–water partition coefficient (Wildman–Crippen LogP) is 1.23. The van der Waals surface area contributed by atoms with E-state index in [1.165, 1.54) is 0 Å². The first-order valence-electron chi connectivity index (χ1n) is 5.79. The van der Waals surface area contributed by atoms with E-state index in [0.29, 0.717) is 0 Å². The molecule has 2 aromatic rings. The van der Waals surface area contributed by atoms with Crippen LogP contribution in [0.5, 0.6) is 0 Å². The Morgan fingerprint density at radius 3 is 2.78 bits per heavy atom. The molecule has 1 N–H and O–H groups in total.